The van der Waals surface area contributed by atoms with Gasteiger partial charge in [-0.2, -0.15) is 0 Å². The highest BCUT2D eigenvalue weighted by atomic mass is 16.6. The predicted molar refractivity (Wildman–Crippen MR) is 67.9 cm³/mol. The lowest BCUT2D eigenvalue weighted by Crippen LogP contribution is -2.24. The first-order chi connectivity index (χ1) is 8.24. The second-order valence-electron chi connectivity index (χ2n) is 4.36. The molecule has 0 bridgehead atoms. The average Bonchev–Trinajstić information content (AvgIpc) is 2.30. The Balaban J connectivity index is 1.83. The van der Waals surface area contributed by atoms with Crippen molar-refractivity contribution in [2.75, 3.05) is 5.32 Å². The van der Waals surface area contributed by atoms with Gasteiger partial charge in [0.25, 0.3) is 0 Å². The summed E-state index contributed by atoms with van der Waals surface area (Å²) in [5.41, 5.74) is 1.93. The Bertz CT molecular complexity index is 400. The maximum Gasteiger partial charge on any atom is 0.411 e. The number of ether oxygens (including phenoxy) is 1. The second kappa shape index (κ2) is 5.53. The zero-order valence-electron chi connectivity index (χ0n) is 9.82. The SMILES string of the molecule is C=C1CCCC(OC(=O)Nc2ccccc2)C1. The third-order valence-electron chi connectivity index (χ3n) is 2.87. The molecule has 0 radical (unpaired) electrons. The maximum atomic E-state index is 11.6. The van der Waals surface area contributed by atoms with Gasteiger partial charge >= 0.3 is 6.09 Å². The summed E-state index contributed by atoms with van der Waals surface area (Å²) in [7, 11) is 0. The highest BCUT2D eigenvalue weighted by Gasteiger charge is 2.19. The van der Waals surface area contributed by atoms with E-state index in [1.54, 1.807) is 0 Å². The molecular formula is C14H17NO2. The third kappa shape index (κ3) is 3.63. The monoisotopic (exact) mass is 231 g/mol. The lowest BCUT2D eigenvalue weighted by atomic mass is 9.94. The van der Waals surface area contributed by atoms with Crippen LogP contribution in [0, 0.1) is 0 Å². The molecule has 2 rings (SSSR count). The Morgan fingerprint density at radius 2 is 2.12 bits per heavy atom. The summed E-state index contributed by atoms with van der Waals surface area (Å²) in [5.74, 6) is 0. The number of hydrogen-bond acceptors (Lipinski definition) is 2. The van der Waals surface area contributed by atoms with Crippen molar-refractivity contribution >= 4 is 11.8 Å². The van der Waals surface area contributed by atoms with Gasteiger partial charge in [0.05, 0.1) is 0 Å². The van der Waals surface area contributed by atoms with Gasteiger partial charge in [-0.05, 0) is 31.4 Å². The Labute approximate surface area is 101 Å². The lowest BCUT2D eigenvalue weighted by Gasteiger charge is -2.23. The van der Waals surface area contributed by atoms with E-state index in [-0.39, 0.29) is 12.2 Å². The fourth-order valence-electron chi connectivity index (χ4n) is 2.03. The lowest BCUT2D eigenvalue weighted by molar-refractivity contribution is 0.0975. The quantitative estimate of drug-likeness (QED) is 0.787. The van der Waals surface area contributed by atoms with Crippen molar-refractivity contribution in [2.24, 2.45) is 0 Å². The summed E-state index contributed by atoms with van der Waals surface area (Å²) in [6.07, 6.45) is 3.45. The molecule has 0 saturated heterocycles. The fourth-order valence-corrected chi connectivity index (χ4v) is 2.03. The summed E-state index contributed by atoms with van der Waals surface area (Å²) >= 11 is 0. The maximum absolute atomic E-state index is 11.6. The average molecular weight is 231 g/mol. The van der Waals surface area contributed by atoms with Gasteiger partial charge in [-0.3, -0.25) is 5.32 Å². The summed E-state index contributed by atoms with van der Waals surface area (Å²) in [4.78, 5) is 11.6. The van der Waals surface area contributed by atoms with Crippen LogP contribution in [0.25, 0.3) is 0 Å². The van der Waals surface area contributed by atoms with E-state index in [9.17, 15) is 4.79 Å². The molecule has 3 heteroatoms. The van der Waals surface area contributed by atoms with Crippen LogP contribution in [0.5, 0.6) is 0 Å². The molecule has 0 aromatic heterocycles. The van der Waals surface area contributed by atoms with Crippen LogP contribution in [-0.4, -0.2) is 12.2 Å². The van der Waals surface area contributed by atoms with Crippen molar-refractivity contribution in [3.05, 3.63) is 42.5 Å². The van der Waals surface area contributed by atoms with E-state index >= 15 is 0 Å². The van der Waals surface area contributed by atoms with E-state index in [2.05, 4.69) is 11.9 Å². The van der Waals surface area contributed by atoms with Crippen LogP contribution < -0.4 is 5.32 Å². The number of hydrogen-bond donors (Lipinski definition) is 1. The molecule has 1 amide bonds. The molecule has 1 unspecified atom stereocenters. The van der Waals surface area contributed by atoms with E-state index < -0.39 is 0 Å². The topological polar surface area (TPSA) is 38.3 Å². The number of carbonyl (C=O) groups excluding carboxylic acids is 1. The van der Waals surface area contributed by atoms with Crippen molar-refractivity contribution < 1.29 is 9.53 Å². The third-order valence-corrected chi connectivity index (χ3v) is 2.87. The molecule has 0 spiro atoms. The van der Waals surface area contributed by atoms with Crippen LogP contribution >= 0.6 is 0 Å². The van der Waals surface area contributed by atoms with Gasteiger partial charge in [0.15, 0.2) is 0 Å². The van der Waals surface area contributed by atoms with E-state index in [4.69, 9.17) is 4.74 Å². The number of anilines is 1. The van der Waals surface area contributed by atoms with Gasteiger partial charge in [0.1, 0.15) is 6.10 Å². The molecule has 0 aliphatic heterocycles. The number of nitrogens with one attached hydrogen (secondary N) is 1. The number of rotatable bonds is 2. The van der Waals surface area contributed by atoms with Gasteiger partial charge in [0, 0.05) is 12.1 Å². The number of carbonyl (C=O) groups is 1. The minimum absolute atomic E-state index is 0.0139. The standard InChI is InChI=1S/C14H17NO2/c1-11-6-5-9-13(10-11)17-14(16)15-12-7-3-2-4-8-12/h2-4,7-8,13H,1,5-6,9-10H2,(H,15,16). The van der Waals surface area contributed by atoms with Crippen LogP contribution in [0.4, 0.5) is 10.5 Å². The molecule has 1 N–H and O–H groups in total. The Kier molecular flexibility index (Phi) is 3.81. The number of amides is 1. The van der Waals surface area contributed by atoms with Crippen molar-refractivity contribution in [1.29, 1.82) is 0 Å². The Hall–Kier alpha value is -1.77. The van der Waals surface area contributed by atoms with Crippen molar-refractivity contribution in [2.45, 2.75) is 31.8 Å². The molecule has 1 fully saturated rings. The van der Waals surface area contributed by atoms with Crippen molar-refractivity contribution in [3.63, 3.8) is 0 Å². The first-order valence-electron chi connectivity index (χ1n) is 5.93. The fraction of sp³-hybridized carbons (Fsp3) is 0.357. The smallest absolute Gasteiger partial charge is 0.411 e. The summed E-state index contributed by atoms with van der Waals surface area (Å²) in [6, 6.07) is 9.32. The molecule has 1 atom stereocenters. The molecule has 1 aliphatic carbocycles. The predicted octanol–water partition coefficient (Wildman–Crippen LogP) is 3.73. The minimum atomic E-state index is -0.379. The molecular weight excluding hydrogens is 214 g/mol. The van der Waals surface area contributed by atoms with E-state index in [0.717, 1.165) is 31.4 Å². The summed E-state index contributed by atoms with van der Waals surface area (Å²) < 4.78 is 5.35. The van der Waals surface area contributed by atoms with E-state index in [1.807, 2.05) is 30.3 Å². The van der Waals surface area contributed by atoms with Crippen LogP contribution in [-0.2, 0) is 4.74 Å². The van der Waals surface area contributed by atoms with Crippen LogP contribution in [0.2, 0.25) is 0 Å². The summed E-state index contributed by atoms with van der Waals surface area (Å²) in [5, 5.41) is 2.71. The first-order valence-corrected chi connectivity index (χ1v) is 5.93. The Morgan fingerprint density at radius 3 is 2.82 bits per heavy atom. The molecule has 3 nitrogen and oxygen atoms in total. The molecule has 1 aromatic rings. The molecule has 17 heavy (non-hydrogen) atoms. The second-order valence-corrected chi connectivity index (χ2v) is 4.36. The van der Waals surface area contributed by atoms with Gasteiger partial charge in [0.2, 0.25) is 0 Å². The normalized spacial score (nSPS) is 19.8. The van der Waals surface area contributed by atoms with Gasteiger partial charge in [-0.25, -0.2) is 4.79 Å². The summed E-state index contributed by atoms with van der Waals surface area (Å²) in [6.45, 7) is 3.94. The van der Waals surface area contributed by atoms with E-state index in [1.165, 1.54) is 5.57 Å². The largest absolute Gasteiger partial charge is 0.446 e. The van der Waals surface area contributed by atoms with Gasteiger partial charge in [-0.1, -0.05) is 30.4 Å². The van der Waals surface area contributed by atoms with Crippen LogP contribution in [0.3, 0.4) is 0 Å². The molecule has 0 heterocycles. The van der Waals surface area contributed by atoms with Crippen molar-refractivity contribution in [3.8, 4) is 0 Å². The van der Waals surface area contributed by atoms with Crippen molar-refractivity contribution in [1.82, 2.24) is 0 Å². The molecule has 1 aliphatic rings. The number of benzene rings is 1. The van der Waals surface area contributed by atoms with E-state index in [0.29, 0.717) is 0 Å². The minimum Gasteiger partial charge on any atom is -0.446 e. The zero-order valence-corrected chi connectivity index (χ0v) is 9.82. The molecule has 90 valence electrons. The Morgan fingerprint density at radius 1 is 1.35 bits per heavy atom. The van der Waals surface area contributed by atoms with Crippen LogP contribution in [0.15, 0.2) is 42.5 Å². The zero-order chi connectivity index (χ0) is 12.1. The molecule has 1 saturated carbocycles. The molecule has 1 aromatic carbocycles. The highest BCUT2D eigenvalue weighted by Crippen LogP contribution is 2.24. The number of para-hydroxylation sites is 1. The first kappa shape index (κ1) is 11.7. The highest BCUT2D eigenvalue weighted by molar-refractivity contribution is 5.84. The van der Waals surface area contributed by atoms with Crippen LogP contribution in [0.1, 0.15) is 25.7 Å². The van der Waals surface area contributed by atoms with Gasteiger partial charge in [-0.15, -0.1) is 0 Å². The van der Waals surface area contributed by atoms with Gasteiger partial charge < -0.3 is 4.74 Å².